The normalized spacial score (nSPS) is 20.7. The van der Waals surface area contributed by atoms with Crippen LogP contribution >= 0.6 is 0 Å². The number of hydrogen-bond donors (Lipinski definition) is 3. The zero-order valence-corrected chi connectivity index (χ0v) is 17.9. The summed E-state index contributed by atoms with van der Waals surface area (Å²) in [7, 11) is 0. The van der Waals surface area contributed by atoms with E-state index >= 15 is 0 Å². The fraction of sp³-hybridized carbons (Fsp3) is 0.480. The lowest BCUT2D eigenvalue weighted by atomic mass is 9.92. The van der Waals surface area contributed by atoms with Gasteiger partial charge in [-0.05, 0) is 47.6 Å². The van der Waals surface area contributed by atoms with Gasteiger partial charge in [-0.2, -0.15) is 5.26 Å². The minimum absolute atomic E-state index is 0.112. The summed E-state index contributed by atoms with van der Waals surface area (Å²) in [6.45, 7) is 4.08. The first-order valence-electron chi connectivity index (χ1n) is 10.8. The van der Waals surface area contributed by atoms with Gasteiger partial charge in [0.05, 0.1) is 36.6 Å². The highest BCUT2D eigenvalue weighted by Crippen LogP contribution is 2.32. The quantitative estimate of drug-likeness (QED) is 0.646. The maximum absolute atomic E-state index is 10.1. The summed E-state index contributed by atoms with van der Waals surface area (Å²) in [6.07, 6.45) is 2.02. The highest BCUT2D eigenvalue weighted by atomic mass is 16.5. The van der Waals surface area contributed by atoms with Crippen LogP contribution in [0.5, 0.6) is 0 Å². The van der Waals surface area contributed by atoms with Gasteiger partial charge in [0, 0.05) is 19.4 Å². The summed E-state index contributed by atoms with van der Waals surface area (Å²) in [5.41, 5.74) is 4.77. The molecule has 3 N–H and O–H groups in total. The van der Waals surface area contributed by atoms with Gasteiger partial charge < -0.3 is 20.1 Å². The largest absolute Gasteiger partial charge is 0.396 e. The Morgan fingerprint density at radius 1 is 1.03 bits per heavy atom. The Kier molecular flexibility index (Phi) is 9.99. The molecule has 0 radical (unpaired) electrons. The molecule has 162 valence electrons. The van der Waals surface area contributed by atoms with Gasteiger partial charge in [-0.3, -0.25) is 0 Å². The summed E-state index contributed by atoms with van der Waals surface area (Å²) >= 11 is 0. The zero-order chi connectivity index (χ0) is 21.9. The van der Waals surface area contributed by atoms with E-state index in [0.29, 0.717) is 24.8 Å². The van der Waals surface area contributed by atoms with Gasteiger partial charge in [-0.25, -0.2) is 0 Å². The molecule has 2 aromatic carbocycles. The highest BCUT2D eigenvalue weighted by molar-refractivity contribution is 5.44. The van der Waals surface area contributed by atoms with Crippen LogP contribution < -0.4 is 0 Å². The standard InChI is InChI=1S/C23H27NO4.C2H6/c24-14-19-8-7-18(23-13-21(27)12-22(15-26)28-23)11-20(19)10-17-5-3-16(4-6-17)2-1-9-25;1-2/h3-8,11,21-23,25-27H,1-2,9-10,12-13,15H2;1-2H3/t21-,22-,23+;/m0./s1. The van der Waals surface area contributed by atoms with E-state index in [0.717, 1.165) is 29.5 Å². The fourth-order valence-corrected chi connectivity index (χ4v) is 3.72. The predicted octanol–water partition coefficient (Wildman–Crippen LogP) is 3.67. The molecule has 0 amide bonds. The van der Waals surface area contributed by atoms with Crippen molar-refractivity contribution in [1.29, 1.82) is 5.26 Å². The van der Waals surface area contributed by atoms with Gasteiger partial charge in [0.2, 0.25) is 0 Å². The van der Waals surface area contributed by atoms with E-state index in [9.17, 15) is 15.5 Å². The third-order valence-corrected chi connectivity index (χ3v) is 5.24. The molecule has 1 fully saturated rings. The Hall–Kier alpha value is -2.23. The van der Waals surface area contributed by atoms with Crippen molar-refractivity contribution in [3.8, 4) is 6.07 Å². The van der Waals surface area contributed by atoms with Crippen LogP contribution in [0.2, 0.25) is 0 Å². The topological polar surface area (TPSA) is 93.7 Å². The molecule has 0 saturated carbocycles. The van der Waals surface area contributed by atoms with E-state index in [1.165, 1.54) is 5.56 Å². The lowest BCUT2D eigenvalue weighted by molar-refractivity contribution is -0.113. The summed E-state index contributed by atoms with van der Waals surface area (Å²) in [6, 6.07) is 16.2. The minimum atomic E-state index is -0.499. The summed E-state index contributed by atoms with van der Waals surface area (Å²) in [5, 5.41) is 37.9. The van der Waals surface area contributed by atoms with Crippen molar-refractivity contribution in [2.45, 2.75) is 64.3 Å². The maximum Gasteiger partial charge on any atom is 0.0994 e. The Morgan fingerprint density at radius 3 is 2.37 bits per heavy atom. The maximum atomic E-state index is 10.1. The summed E-state index contributed by atoms with van der Waals surface area (Å²) < 4.78 is 5.91. The van der Waals surface area contributed by atoms with Crippen molar-refractivity contribution < 1.29 is 20.1 Å². The lowest BCUT2D eigenvalue weighted by Gasteiger charge is -2.32. The Morgan fingerprint density at radius 2 is 1.73 bits per heavy atom. The van der Waals surface area contributed by atoms with Gasteiger partial charge in [0.25, 0.3) is 0 Å². The number of ether oxygens (including phenoxy) is 1. The number of nitrogens with zero attached hydrogens (tertiary/aromatic N) is 1. The van der Waals surface area contributed by atoms with E-state index in [1.807, 2.05) is 26.0 Å². The fourth-order valence-electron chi connectivity index (χ4n) is 3.72. The van der Waals surface area contributed by atoms with Crippen LogP contribution in [-0.2, 0) is 17.6 Å². The molecule has 30 heavy (non-hydrogen) atoms. The lowest BCUT2D eigenvalue weighted by Crippen LogP contribution is -2.33. The molecule has 1 aliphatic heterocycles. The molecule has 1 aliphatic rings. The first-order chi connectivity index (χ1) is 14.6. The summed E-state index contributed by atoms with van der Waals surface area (Å²) in [5.74, 6) is 0. The van der Waals surface area contributed by atoms with Crippen LogP contribution in [0.25, 0.3) is 0 Å². The summed E-state index contributed by atoms with van der Waals surface area (Å²) in [4.78, 5) is 0. The van der Waals surface area contributed by atoms with Gasteiger partial charge in [-0.15, -0.1) is 0 Å². The molecule has 1 saturated heterocycles. The minimum Gasteiger partial charge on any atom is -0.396 e. The molecule has 0 aliphatic carbocycles. The smallest absolute Gasteiger partial charge is 0.0994 e. The number of aliphatic hydroxyl groups excluding tert-OH is 3. The second-order valence-electron chi connectivity index (χ2n) is 7.40. The first-order valence-corrected chi connectivity index (χ1v) is 10.8. The van der Waals surface area contributed by atoms with E-state index < -0.39 is 6.10 Å². The molecule has 5 heteroatoms. The van der Waals surface area contributed by atoms with Crippen LogP contribution in [0.4, 0.5) is 0 Å². The van der Waals surface area contributed by atoms with E-state index in [4.69, 9.17) is 9.84 Å². The van der Waals surface area contributed by atoms with Crippen LogP contribution in [0.15, 0.2) is 42.5 Å². The Labute approximate surface area is 179 Å². The van der Waals surface area contributed by atoms with Crippen LogP contribution in [0.1, 0.15) is 67.0 Å². The van der Waals surface area contributed by atoms with Gasteiger partial charge in [0.15, 0.2) is 0 Å². The molecule has 0 spiro atoms. The molecular weight excluding hydrogens is 378 g/mol. The molecule has 2 aromatic rings. The zero-order valence-electron chi connectivity index (χ0n) is 17.9. The number of hydrogen-bond acceptors (Lipinski definition) is 5. The number of benzene rings is 2. The van der Waals surface area contributed by atoms with Crippen molar-refractivity contribution in [2.24, 2.45) is 0 Å². The third-order valence-electron chi connectivity index (χ3n) is 5.24. The Balaban J connectivity index is 0.00000155. The molecule has 5 nitrogen and oxygen atoms in total. The van der Waals surface area contributed by atoms with E-state index in [2.05, 4.69) is 30.3 Å². The molecule has 1 heterocycles. The second kappa shape index (κ2) is 12.5. The number of nitriles is 1. The first kappa shape index (κ1) is 24.0. The van der Waals surface area contributed by atoms with Gasteiger partial charge in [0.1, 0.15) is 0 Å². The molecule has 0 bridgehead atoms. The molecule has 3 atom stereocenters. The van der Waals surface area contributed by atoms with E-state index in [-0.39, 0.29) is 25.4 Å². The number of aliphatic hydroxyl groups is 3. The Bertz CT molecular complexity index is 813. The average Bonchev–Trinajstić information content (AvgIpc) is 2.79. The number of rotatable bonds is 7. The van der Waals surface area contributed by atoms with Crippen LogP contribution in [0, 0.1) is 11.3 Å². The highest BCUT2D eigenvalue weighted by Gasteiger charge is 2.29. The SMILES string of the molecule is CC.N#Cc1ccc([C@H]2C[C@@H](O)C[C@@H](CO)O2)cc1Cc1ccc(CCCO)cc1. The van der Waals surface area contributed by atoms with E-state index in [1.54, 1.807) is 6.07 Å². The molecule has 0 unspecified atom stereocenters. The van der Waals surface area contributed by atoms with Crippen molar-refractivity contribution in [2.75, 3.05) is 13.2 Å². The van der Waals surface area contributed by atoms with Crippen LogP contribution in [0.3, 0.4) is 0 Å². The average molecular weight is 412 g/mol. The monoisotopic (exact) mass is 411 g/mol. The van der Waals surface area contributed by atoms with Crippen molar-refractivity contribution in [1.82, 2.24) is 0 Å². The second-order valence-corrected chi connectivity index (χ2v) is 7.40. The van der Waals surface area contributed by atoms with Crippen molar-refractivity contribution in [3.05, 3.63) is 70.3 Å². The molecular formula is C25H33NO4. The van der Waals surface area contributed by atoms with Crippen molar-refractivity contribution >= 4 is 0 Å². The van der Waals surface area contributed by atoms with Gasteiger partial charge >= 0.3 is 0 Å². The van der Waals surface area contributed by atoms with Gasteiger partial charge in [-0.1, -0.05) is 50.2 Å². The molecule has 0 aromatic heterocycles. The number of aryl methyl sites for hydroxylation is 1. The van der Waals surface area contributed by atoms with Crippen LogP contribution in [-0.4, -0.2) is 40.7 Å². The predicted molar refractivity (Wildman–Crippen MR) is 117 cm³/mol. The third kappa shape index (κ3) is 6.65. The van der Waals surface area contributed by atoms with Crippen molar-refractivity contribution in [3.63, 3.8) is 0 Å². The molecule has 3 rings (SSSR count).